The summed E-state index contributed by atoms with van der Waals surface area (Å²) in [5, 5.41) is 33.9. The quantitative estimate of drug-likeness (QED) is 0.111. The van der Waals surface area contributed by atoms with Gasteiger partial charge < -0.3 is 45.4 Å². The Kier molecular flexibility index (Phi) is 19.9. The molecule has 0 aliphatic heterocycles. The van der Waals surface area contributed by atoms with Crippen molar-refractivity contribution in [1.29, 1.82) is 0 Å². The van der Waals surface area contributed by atoms with Gasteiger partial charge in [-0.05, 0) is 69.2 Å². The molecule has 0 fully saturated rings. The number of ether oxygens (including phenoxy) is 2. The van der Waals surface area contributed by atoms with Crippen LogP contribution < -0.4 is 10.2 Å². The van der Waals surface area contributed by atoms with Gasteiger partial charge in [-0.2, -0.15) is 0 Å². The number of carbonyl (C=O) groups excluding carboxylic acids is 5. The Morgan fingerprint density at radius 3 is 2.14 bits per heavy atom. The number of hydrogen-bond acceptors (Lipinski definition) is 12. The zero-order valence-corrected chi connectivity index (χ0v) is 30.7. The number of aliphatic hydroxyl groups excluding tert-OH is 2. The molecule has 0 heterocycles. The Hall–Kier alpha value is -3.59. The zero-order chi connectivity index (χ0) is 36.8. The van der Waals surface area contributed by atoms with E-state index in [1.165, 1.54) is 18.7 Å². The number of aliphatic hydroxyl groups is 2. The molecule has 0 spiro atoms. The molecule has 49 heavy (non-hydrogen) atoms. The minimum atomic E-state index is -0.829. The van der Waals surface area contributed by atoms with E-state index in [1.54, 1.807) is 6.07 Å². The van der Waals surface area contributed by atoms with Crippen molar-refractivity contribution in [3.8, 4) is 5.75 Å². The number of Topliss-reactive ketones (excluding diaryl/α,β-unsaturated/α-hetero) is 3. The number of hydrogen-bond donors (Lipinski definition) is 4. The Morgan fingerprint density at radius 2 is 1.65 bits per heavy atom. The van der Waals surface area contributed by atoms with Crippen molar-refractivity contribution < 1.29 is 57.1 Å². The topological polar surface area (TPSA) is 215 Å². The van der Waals surface area contributed by atoms with E-state index in [4.69, 9.17) is 9.47 Å². The van der Waals surface area contributed by atoms with E-state index in [1.807, 2.05) is 53.9 Å². The number of phenolic OH excluding ortho intramolecular Hbond substituents is 1. The van der Waals surface area contributed by atoms with Crippen LogP contribution in [-0.4, -0.2) is 116 Å². The molecule has 0 bridgehead atoms. The molecule has 0 aromatic heterocycles. The standard InChI is InChI=1S/C33H50N2O10.C2H7N.H2O.2H2/c1-20(38)12-28(40)26(18-37)23(8-9-36)13-22-14-25-27(34(6)7)16-24(31(42)30(25)29(41)15-22)17-35(19-33(3,4)5)32(43)45-11-10-44-21(2)39;1-3-2;;;/h16,22-23,26,36-37,42H,8-15,17-19H2,1-7H3;3H,1-2H3;1H2;2*1H. The SMILES string of the molecule is CC(=O)CC(=O)C(CO)C(CCO)CC1CC(=O)c2c(O)c(CN(CC(C)(C)C)C(=O)OCCOC(C)=O)cc(N(C)C)c2C1.CNC.O.[HH].[HH]. The highest BCUT2D eigenvalue weighted by Gasteiger charge is 2.36. The molecule has 0 saturated heterocycles. The van der Waals surface area contributed by atoms with Gasteiger partial charge in [0.25, 0.3) is 0 Å². The average Bonchev–Trinajstić information content (AvgIpc) is 2.95. The molecule has 3 unspecified atom stereocenters. The summed E-state index contributed by atoms with van der Waals surface area (Å²) in [4.78, 5) is 65.3. The van der Waals surface area contributed by atoms with Crippen molar-refractivity contribution in [2.24, 2.45) is 23.2 Å². The highest BCUT2D eigenvalue weighted by molar-refractivity contribution is 6.03. The smallest absolute Gasteiger partial charge is 0.410 e. The Bertz CT molecular complexity index is 1270. The number of anilines is 1. The van der Waals surface area contributed by atoms with Crippen LogP contribution in [0.5, 0.6) is 5.75 Å². The third-order valence-corrected chi connectivity index (χ3v) is 7.83. The fraction of sp³-hybridized carbons (Fsp3) is 0.686. The maximum atomic E-state index is 13.6. The van der Waals surface area contributed by atoms with Gasteiger partial charge in [-0.15, -0.1) is 0 Å². The summed E-state index contributed by atoms with van der Waals surface area (Å²) in [7, 11) is 7.38. The fourth-order valence-electron chi connectivity index (χ4n) is 6.01. The van der Waals surface area contributed by atoms with Crippen molar-refractivity contribution in [2.45, 2.75) is 73.3 Å². The van der Waals surface area contributed by atoms with E-state index < -0.39 is 30.5 Å². The lowest BCUT2D eigenvalue weighted by atomic mass is 9.73. The summed E-state index contributed by atoms with van der Waals surface area (Å²) in [6.45, 7) is 7.78. The van der Waals surface area contributed by atoms with Gasteiger partial charge in [-0.25, -0.2) is 4.79 Å². The number of esters is 1. The molecule has 14 heteroatoms. The van der Waals surface area contributed by atoms with E-state index in [2.05, 4.69) is 5.32 Å². The van der Waals surface area contributed by atoms with Crippen LogP contribution in [0.3, 0.4) is 0 Å². The molecule has 0 saturated carbocycles. The molecule has 1 aromatic carbocycles. The van der Waals surface area contributed by atoms with Crippen LogP contribution in [0.25, 0.3) is 0 Å². The number of rotatable bonds is 16. The molecule has 6 N–H and O–H groups in total. The van der Waals surface area contributed by atoms with Gasteiger partial charge in [0.1, 0.15) is 30.5 Å². The third kappa shape index (κ3) is 14.8. The second-order valence-corrected chi connectivity index (χ2v) is 13.9. The number of nitrogens with one attached hydrogen (secondary N) is 1. The average molecular weight is 702 g/mol. The van der Waals surface area contributed by atoms with E-state index >= 15 is 0 Å². The summed E-state index contributed by atoms with van der Waals surface area (Å²) in [5.74, 6) is -3.15. The minimum Gasteiger partial charge on any atom is -0.507 e. The van der Waals surface area contributed by atoms with E-state index in [0.29, 0.717) is 29.7 Å². The number of fused-ring (bicyclic) bond motifs is 1. The number of phenols is 1. The fourth-order valence-corrected chi connectivity index (χ4v) is 6.01. The lowest BCUT2D eigenvalue weighted by Gasteiger charge is -2.34. The molecule has 1 aromatic rings. The minimum absolute atomic E-state index is 0. The van der Waals surface area contributed by atoms with E-state index in [0.717, 1.165) is 0 Å². The van der Waals surface area contributed by atoms with E-state index in [9.17, 15) is 39.3 Å². The monoisotopic (exact) mass is 701 g/mol. The molecule has 14 nitrogen and oxygen atoms in total. The summed E-state index contributed by atoms with van der Waals surface area (Å²) in [6.07, 6.45) is 0.147. The first-order valence-electron chi connectivity index (χ1n) is 16.4. The Morgan fingerprint density at radius 1 is 1.06 bits per heavy atom. The summed E-state index contributed by atoms with van der Waals surface area (Å²) in [5.41, 5.74) is 1.58. The van der Waals surface area contributed by atoms with Crippen molar-refractivity contribution in [3.05, 3.63) is 22.8 Å². The van der Waals surface area contributed by atoms with Gasteiger partial charge in [-0.1, -0.05) is 20.8 Å². The Balaban J connectivity index is -0.00000370. The van der Waals surface area contributed by atoms with Crippen LogP contribution in [0.15, 0.2) is 6.07 Å². The zero-order valence-electron chi connectivity index (χ0n) is 30.7. The molecule has 1 aliphatic rings. The van der Waals surface area contributed by atoms with Gasteiger partial charge in [0.05, 0.1) is 25.1 Å². The van der Waals surface area contributed by atoms with Crippen LogP contribution in [0.2, 0.25) is 0 Å². The number of amides is 1. The van der Waals surface area contributed by atoms with Crippen molar-refractivity contribution in [1.82, 2.24) is 10.2 Å². The molecular weight excluding hydrogens is 638 g/mol. The number of benzene rings is 1. The van der Waals surface area contributed by atoms with Crippen LogP contribution in [0.4, 0.5) is 10.5 Å². The maximum Gasteiger partial charge on any atom is 0.410 e. The first kappa shape index (κ1) is 45.4. The van der Waals surface area contributed by atoms with Crippen LogP contribution in [0.1, 0.15) is 84.6 Å². The third-order valence-electron chi connectivity index (χ3n) is 7.83. The van der Waals surface area contributed by atoms with Gasteiger partial charge in [0, 0.05) is 60.6 Å². The van der Waals surface area contributed by atoms with Crippen molar-refractivity contribution in [2.75, 3.05) is 66.1 Å². The van der Waals surface area contributed by atoms with Crippen LogP contribution >= 0.6 is 0 Å². The second-order valence-electron chi connectivity index (χ2n) is 13.9. The predicted molar refractivity (Wildman–Crippen MR) is 190 cm³/mol. The molecule has 1 aliphatic carbocycles. The summed E-state index contributed by atoms with van der Waals surface area (Å²) in [6, 6.07) is 1.75. The normalized spacial score (nSPS) is 15.0. The van der Waals surface area contributed by atoms with Gasteiger partial charge in [-0.3, -0.25) is 19.2 Å². The maximum absolute atomic E-state index is 13.6. The van der Waals surface area contributed by atoms with Crippen molar-refractivity contribution in [3.63, 3.8) is 0 Å². The van der Waals surface area contributed by atoms with Crippen LogP contribution in [0, 0.1) is 23.2 Å². The van der Waals surface area contributed by atoms with Gasteiger partial charge >= 0.3 is 12.1 Å². The lowest BCUT2D eigenvalue weighted by molar-refractivity contribution is -0.142. The Labute approximate surface area is 293 Å². The molecular formula is C35H63N3O11. The molecule has 3 atom stereocenters. The summed E-state index contributed by atoms with van der Waals surface area (Å²) < 4.78 is 10.2. The largest absolute Gasteiger partial charge is 0.507 e. The van der Waals surface area contributed by atoms with E-state index in [-0.39, 0.29) is 100 Å². The number of carbonyl (C=O) groups is 5. The highest BCUT2D eigenvalue weighted by atomic mass is 16.6. The number of nitrogens with zero attached hydrogens (tertiary/aromatic N) is 2. The molecule has 284 valence electrons. The van der Waals surface area contributed by atoms with Crippen LogP contribution in [-0.2, 0) is 36.8 Å². The molecule has 2 rings (SSSR count). The predicted octanol–water partition coefficient (Wildman–Crippen LogP) is 2.80. The highest BCUT2D eigenvalue weighted by Crippen LogP contribution is 2.43. The first-order chi connectivity index (χ1) is 22.4. The molecule has 1 amide bonds. The molecule has 0 radical (unpaired) electrons. The van der Waals surface area contributed by atoms with Gasteiger partial charge in [0.15, 0.2) is 5.78 Å². The summed E-state index contributed by atoms with van der Waals surface area (Å²) >= 11 is 0. The lowest BCUT2D eigenvalue weighted by Crippen LogP contribution is -2.38. The number of ketones is 3. The number of aromatic hydroxyl groups is 1. The van der Waals surface area contributed by atoms with Crippen molar-refractivity contribution >= 4 is 35.1 Å². The second kappa shape index (κ2) is 21.5. The first-order valence-corrected chi connectivity index (χ1v) is 16.4. The van der Waals surface area contributed by atoms with Gasteiger partial charge in [0.2, 0.25) is 0 Å².